The first-order valence-corrected chi connectivity index (χ1v) is 35.8. The Morgan fingerprint density at radius 1 is 0.116 bits per heavy atom. The van der Waals surface area contributed by atoms with Gasteiger partial charge in [-0.15, -0.1) is 51.6 Å². The van der Waals surface area contributed by atoms with E-state index in [0.29, 0.717) is 0 Å². The molecule has 0 spiro atoms. The van der Waals surface area contributed by atoms with Crippen LogP contribution < -0.4 is 0 Å². The smallest absolute Gasteiger partial charge is 0.0210 e. The van der Waals surface area contributed by atoms with Crippen LogP contribution in [0.1, 0.15) is 51.5 Å². The van der Waals surface area contributed by atoms with E-state index >= 15 is 0 Å². The molecular weight excluding hydrogens is 2130 g/mol. The van der Waals surface area contributed by atoms with Gasteiger partial charge in [0, 0.05) is 168 Å². The van der Waals surface area contributed by atoms with Crippen LogP contribution in [-0.4, -0.2) is 109 Å². The Morgan fingerprint density at radius 2 is 0.205 bits per heavy atom. The molecule has 0 atom stereocenters. The average molecular weight is 2210 g/mol. The summed E-state index contributed by atoms with van der Waals surface area (Å²) < 4.78 is 0. The molecule has 0 heterocycles. The maximum absolute atomic E-state index is 3.00. The second-order valence-electron chi connectivity index (χ2n) is 23.9. The quantitative estimate of drug-likeness (QED) is 0.0998. The van der Waals surface area contributed by atoms with Crippen molar-refractivity contribution in [3.05, 3.63) is 596 Å². The molecule has 25 radical (unpaired) electrons. The van der Waals surface area contributed by atoms with Crippen LogP contribution in [0, 0.1) is 57.8 Å². The number of benzene rings is 9. The van der Waals surface area contributed by atoms with E-state index in [1.807, 2.05) is 273 Å². The second kappa shape index (κ2) is 56.3. The fraction of sp³-hybridized carbons (Fsp3) is 0. The van der Waals surface area contributed by atoms with E-state index in [1.165, 1.54) is 100 Å². The topological polar surface area (TPSA) is 0 Å². The van der Waals surface area contributed by atoms with E-state index in [4.69, 9.17) is 0 Å². The normalized spacial score (nSPS) is 14.0. The first kappa shape index (κ1) is 90.9. The summed E-state index contributed by atoms with van der Waals surface area (Å²) >= 11 is 0. The molecule has 0 N–H and O–H groups in total. The summed E-state index contributed by atoms with van der Waals surface area (Å²) in [7, 11) is 0. The molecule has 0 unspecified atom stereocenters. The van der Waals surface area contributed by atoms with Crippen molar-refractivity contribution in [1.29, 1.82) is 0 Å². The first-order chi connectivity index (χ1) is 53.7. The summed E-state index contributed by atoms with van der Waals surface area (Å²) in [6.07, 6.45) is 72.0. The van der Waals surface area contributed by atoms with Gasteiger partial charge in [0.15, 0.2) is 0 Å². The molecule has 9 aromatic rings. The molecule has 9 aliphatic carbocycles. The summed E-state index contributed by atoms with van der Waals surface area (Å²) in [4.78, 5) is 0. The molecule has 0 amide bonds. The van der Waals surface area contributed by atoms with Crippen molar-refractivity contribution in [3.8, 4) is 0 Å². The Morgan fingerprint density at radius 3 is 0.277 bits per heavy atom. The minimum atomic E-state index is 0. The third kappa shape index (κ3) is 33.9. The maximum atomic E-state index is 3.00. The number of rotatable bonds is 9. The van der Waals surface area contributed by atoms with Gasteiger partial charge >= 0.3 is 0 Å². The van der Waals surface area contributed by atoms with Gasteiger partial charge in [0.2, 0.25) is 0 Å². The van der Waals surface area contributed by atoms with Crippen molar-refractivity contribution in [2.75, 3.05) is 0 Å². The zero-order chi connectivity index (χ0) is 74.0. The summed E-state index contributed by atoms with van der Waals surface area (Å²) in [6.45, 7) is 0. The standard InChI is InChI=1S/9C12H9.4Pb.H2/c9*1-3-7-11(8-4-1)12-9-5-2-6-10-12;;;;;/h9*1,3-10H;;;;;1H. The van der Waals surface area contributed by atoms with Crippen molar-refractivity contribution in [2.24, 2.45) is 0 Å². The monoisotopic (exact) mass is 2210 g/mol. The van der Waals surface area contributed by atoms with E-state index in [9.17, 15) is 0 Å². The molecular formula is C108H83Pb4. The minimum Gasteiger partial charge on any atom is -0.125 e. The van der Waals surface area contributed by atoms with Crippen molar-refractivity contribution in [3.63, 3.8) is 0 Å². The SMILES string of the molecule is C1=C[CH]C(c2ccccc2)=CC=1.C1=C[CH]C(c2ccccc2)=CC=1.C1=C[CH]C(c2ccccc2)=CC=1.C1=C[CH]C(c2ccccc2)=CC=1.C1=C[CH]C(c2ccccc2)=CC=1.C1=C[CH]C(c2ccccc2)=CC=1.C1=C[CH]C(c2ccccc2)=CC=1.C1=C[CH]C(c2ccccc2)=CC=1.C1=C[CH]C(c2ccccc2)=CC=1.[HH].[Pb].[Pb].[Pb].[Pb]. The Bertz CT molecular complexity index is 4250. The molecule has 0 saturated carbocycles. The second-order valence-corrected chi connectivity index (χ2v) is 23.9. The van der Waals surface area contributed by atoms with Gasteiger partial charge in [-0.05, 0) is 210 Å². The molecule has 9 aromatic carbocycles. The van der Waals surface area contributed by atoms with Crippen LogP contribution >= 0.6 is 0 Å². The molecule has 0 saturated heterocycles. The number of hydrogen-bond donors (Lipinski definition) is 0. The molecule has 4 heteroatoms. The fourth-order valence-corrected chi connectivity index (χ4v) is 10.9. The third-order valence-corrected chi connectivity index (χ3v) is 16.4. The fourth-order valence-electron chi connectivity index (χ4n) is 10.9. The summed E-state index contributed by atoms with van der Waals surface area (Å²) in [6, 6.07) is 93.0. The number of allylic oxidation sites excluding steroid dienone is 27. The molecule has 112 heavy (non-hydrogen) atoms. The van der Waals surface area contributed by atoms with Gasteiger partial charge in [0.1, 0.15) is 0 Å². The van der Waals surface area contributed by atoms with Gasteiger partial charge in [0.25, 0.3) is 0 Å². The van der Waals surface area contributed by atoms with Crippen LogP contribution in [0.3, 0.4) is 0 Å². The molecule has 0 nitrogen and oxygen atoms in total. The molecule has 0 bridgehead atoms. The third-order valence-electron chi connectivity index (χ3n) is 16.4. The summed E-state index contributed by atoms with van der Waals surface area (Å²) in [5, 5.41) is 0. The predicted molar refractivity (Wildman–Crippen MR) is 487 cm³/mol. The molecule has 18 rings (SSSR count). The van der Waals surface area contributed by atoms with Crippen LogP contribution in [0.15, 0.2) is 489 Å². The maximum Gasteiger partial charge on any atom is 0.0210 e. The Balaban J connectivity index is 0.000000226. The van der Waals surface area contributed by atoms with E-state index in [0.717, 1.165) is 0 Å². The van der Waals surface area contributed by atoms with Gasteiger partial charge in [-0.3, -0.25) is 0 Å². The Labute approximate surface area is 749 Å². The predicted octanol–water partition coefficient (Wildman–Crippen LogP) is 25.7. The van der Waals surface area contributed by atoms with Gasteiger partial charge in [-0.25, -0.2) is 0 Å². The van der Waals surface area contributed by atoms with E-state index in [2.05, 4.69) is 273 Å². The van der Waals surface area contributed by atoms with Crippen molar-refractivity contribution < 1.29 is 1.43 Å². The summed E-state index contributed by atoms with van der Waals surface area (Å²) in [5.74, 6) is 0. The molecule has 0 aromatic heterocycles. The van der Waals surface area contributed by atoms with Crippen LogP contribution in [-0.2, 0) is 0 Å². The van der Waals surface area contributed by atoms with E-state index in [-0.39, 0.29) is 111 Å². The van der Waals surface area contributed by atoms with Crippen molar-refractivity contribution in [2.45, 2.75) is 0 Å². The van der Waals surface area contributed by atoms with Gasteiger partial charge in [0.05, 0.1) is 0 Å². The van der Waals surface area contributed by atoms with Crippen LogP contribution in [0.4, 0.5) is 0 Å². The average Bonchev–Trinajstić information content (AvgIpc) is 0.973. The first-order valence-electron chi connectivity index (χ1n) is 35.8. The largest absolute Gasteiger partial charge is 0.125 e. The van der Waals surface area contributed by atoms with Gasteiger partial charge in [-0.1, -0.05) is 328 Å². The van der Waals surface area contributed by atoms with E-state index < -0.39 is 0 Å². The van der Waals surface area contributed by atoms with Crippen LogP contribution in [0.25, 0.3) is 50.2 Å². The van der Waals surface area contributed by atoms with Crippen molar-refractivity contribution >= 4 is 159 Å². The minimum absolute atomic E-state index is 0. The molecule has 0 aliphatic heterocycles. The van der Waals surface area contributed by atoms with E-state index in [1.54, 1.807) is 0 Å². The molecule has 9 aliphatic rings. The van der Waals surface area contributed by atoms with Gasteiger partial charge in [-0.2, -0.15) is 0 Å². The zero-order valence-corrected chi connectivity index (χ0v) is 77.8. The van der Waals surface area contributed by atoms with Crippen LogP contribution in [0.2, 0.25) is 0 Å². The van der Waals surface area contributed by atoms with Crippen molar-refractivity contribution in [1.82, 2.24) is 0 Å². The Kier molecular flexibility index (Phi) is 45.7. The molecule has 531 valence electrons. The van der Waals surface area contributed by atoms with Crippen LogP contribution in [0.5, 0.6) is 0 Å². The molecule has 0 fully saturated rings. The number of hydrogen-bond acceptors (Lipinski definition) is 0. The van der Waals surface area contributed by atoms with Gasteiger partial charge < -0.3 is 0 Å². The Hall–Kier alpha value is -9.99. The summed E-state index contributed by atoms with van der Waals surface area (Å²) in [5.41, 5.74) is 49.5. The zero-order valence-electron chi connectivity index (χ0n) is 62.3.